The van der Waals surface area contributed by atoms with Gasteiger partial charge in [0.2, 0.25) is 0 Å². The Morgan fingerprint density at radius 3 is 0.564 bits per heavy atom. The van der Waals surface area contributed by atoms with Gasteiger partial charge in [-0.2, -0.15) is 0 Å². The molecule has 0 atom stereocenters. The average molecular weight is 2520 g/mol. The van der Waals surface area contributed by atoms with Crippen LogP contribution in [0.4, 0.5) is 0 Å². The molecule has 0 unspecified atom stereocenters. The second-order valence-corrected chi connectivity index (χ2v) is 48.4. The standard InChI is InChI=1S/C16H31N2P.C14H27N2P.C14H23P.C10H20.4C5H10.8C2H4N.8C2H2N.5CH3.6Ru/c1-14(2,3)12-11-18(10)13(17-12)19(15(4,5)6)16(7,8)9;1-10(2)17(11(3)4)13-15-12(9-16(13)8)14(5,6)7;1-13(2,3)15(14(4,5)6)12-10-8-7-9-11-12;1-6-7(2)9(4)10(5)8(6)3;4*1-2-4-5-3-1;16*1-2-3;;;;;;;;;;;/h11H,1-10H3;9-11H,1-8H3;7-11H,1-6H3;6-10H,1-5H3;4*1-5H2;8*2H,1H3;8*1H2;5*1H3;;;;;;/q;;;;;;;;21*-1;2*+2;+3;2*+4;+6/p+3. The summed E-state index contributed by atoms with van der Waals surface area (Å²) in [6.45, 7) is 97.9. The van der Waals surface area contributed by atoms with Crippen LogP contribution in [-0.4, -0.2) is 101 Å². The molecule has 8 rings (SSSR count). The second kappa shape index (κ2) is 147. The zero-order valence-electron chi connectivity index (χ0n) is 96.6. The summed E-state index contributed by atoms with van der Waals surface area (Å²) in [5, 5.41) is 120. The average Bonchev–Trinajstić information content (AvgIpc) is 1.61. The molecular formula is C111H207N20P3Ru6+3. The van der Waals surface area contributed by atoms with Gasteiger partial charge in [-0.1, -0.05) is 278 Å². The van der Waals surface area contributed by atoms with Crippen molar-refractivity contribution in [3.05, 3.63) is 190 Å². The van der Waals surface area contributed by atoms with Crippen LogP contribution in [0.5, 0.6) is 0 Å². The smallest absolute Gasteiger partial charge is 0.814 e. The fourth-order valence-electron chi connectivity index (χ4n) is 13.7. The van der Waals surface area contributed by atoms with E-state index in [1.54, 1.807) is 60.7 Å². The van der Waals surface area contributed by atoms with Gasteiger partial charge in [0.15, 0.2) is 0 Å². The number of hydrogen-bond acceptors (Lipinski definition) is 10. The first kappa shape index (κ1) is 208. The van der Waals surface area contributed by atoms with Crippen molar-refractivity contribution in [2.24, 2.45) is 43.7 Å². The van der Waals surface area contributed by atoms with E-state index in [2.05, 4.69) is 308 Å². The molecule has 5 aliphatic carbocycles. The summed E-state index contributed by atoms with van der Waals surface area (Å²) >= 11 is 0. The summed E-state index contributed by atoms with van der Waals surface area (Å²) in [5.41, 5.74) is 6.82. The van der Waals surface area contributed by atoms with Crippen molar-refractivity contribution >= 4 is 89.9 Å². The van der Waals surface area contributed by atoms with Crippen molar-refractivity contribution in [1.82, 2.24) is 19.1 Å². The van der Waals surface area contributed by atoms with Crippen LogP contribution < -0.4 is 16.4 Å². The topological polar surface area (TPSA) is 404 Å². The van der Waals surface area contributed by atoms with Crippen molar-refractivity contribution in [3.63, 3.8) is 0 Å². The van der Waals surface area contributed by atoms with Gasteiger partial charge in [0, 0.05) is 45.2 Å². The summed E-state index contributed by atoms with van der Waals surface area (Å²) in [4.78, 5) is 9.95. The van der Waals surface area contributed by atoms with E-state index in [4.69, 9.17) is 95.3 Å². The first-order valence-corrected chi connectivity index (χ1v) is 49.9. The Kier molecular flexibility index (Phi) is 218. The van der Waals surface area contributed by atoms with Gasteiger partial charge in [0.25, 0.3) is 11.1 Å². The molecule has 0 bridgehead atoms. The summed E-state index contributed by atoms with van der Waals surface area (Å²) in [6, 6.07) is 23.0. The summed E-state index contributed by atoms with van der Waals surface area (Å²) in [6.07, 6.45) is 42.4. The van der Waals surface area contributed by atoms with E-state index in [-0.39, 0.29) is 165 Å². The number of aromatic nitrogens is 4. The van der Waals surface area contributed by atoms with Crippen molar-refractivity contribution in [1.29, 1.82) is 42.1 Å². The maximum atomic E-state index is 7.44. The summed E-state index contributed by atoms with van der Waals surface area (Å²) in [7, 11) is 2.40. The number of aryl methyl sites for hydroxylation is 2. The third-order valence-corrected chi connectivity index (χ3v) is 29.5. The Labute approximate surface area is 955 Å². The van der Waals surface area contributed by atoms with E-state index in [0.29, 0.717) is 20.6 Å². The molecule has 5 fully saturated rings. The molecule has 2 aromatic heterocycles. The molecule has 1 radical (unpaired) electrons. The quantitative estimate of drug-likeness (QED) is 0.100. The summed E-state index contributed by atoms with van der Waals surface area (Å²) < 4.78 is 4.53. The maximum absolute atomic E-state index is 7.44. The third kappa shape index (κ3) is 153. The van der Waals surface area contributed by atoms with E-state index in [9.17, 15) is 0 Å². The molecule has 3 aromatic rings. The third-order valence-electron chi connectivity index (χ3n) is 18.2. The number of nitrogens with zero attached hydrogens (tertiary/aromatic N) is 20. The normalized spacial score (nSPS) is 13.5. The van der Waals surface area contributed by atoms with E-state index in [1.807, 2.05) is 0 Å². The van der Waals surface area contributed by atoms with Gasteiger partial charge in [-0.25, -0.2) is 102 Å². The number of rotatable bonds is 5. The molecule has 0 N–H and O–H groups in total. The molecule has 29 heteroatoms. The van der Waals surface area contributed by atoms with Crippen LogP contribution >= 0.6 is 23.8 Å². The Balaban J connectivity index is -0.0000000395. The molecule has 20 nitrogen and oxygen atoms in total. The van der Waals surface area contributed by atoms with E-state index < -0.39 is 23.8 Å². The van der Waals surface area contributed by atoms with Gasteiger partial charge in [-0.3, -0.25) is 0 Å². The molecule has 2 heterocycles. The molecular weight excluding hydrogens is 2310 g/mol. The zero-order valence-corrected chi connectivity index (χ0v) is 110. The van der Waals surface area contributed by atoms with Crippen LogP contribution in [0.25, 0.3) is 43.3 Å². The van der Waals surface area contributed by atoms with Gasteiger partial charge >= 0.3 is 117 Å². The van der Waals surface area contributed by atoms with Gasteiger partial charge in [-0.05, 0) is 153 Å². The maximum Gasteiger partial charge on any atom is 6.00 e. The van der Waals surface area contributed by atoms with Crippen molar-refractivity contribution in [2.75, 3.05) is 0 Å². The fraction of sp³-hybridized carbons (Fsp3) is 0.631. The molecule has 1 aromatic carbocycles. The molecule has 0 saturated heterocycles. The Hall–Kier alpha value is -5.09. The minimum atomic E-state index is -0.770. The van der Waals surface area contributed by atoms with Crippen LogP contribution in [0.15, 0.2) is 42.7 Å². The number of imidazole rings is 2. The van der Waals surface area contributed by atoms with Crippen LogP contribution in [0.1, 0.15) is 382 Å². The fourth-order valence-corrected chi connectivity index (χ4v) is 25.5. The van der Waals surface area contributed by atoms with Gasteiger partial charge in [0.1, 0.15) is 0 Å². The van der Waals surface area contributed by atoms with Gasteiger partial charge < -0.3 is 145 Å². The predicted molar refractivity (Wildman–Crippen MR) is 622 cm³/mol. The second-order valence-electron chi connectivity index (χ2n) is 36.2. The largest absolute Gasteiger partial charge is 6.00 e. The molecule has 0 spiro atoms. The van der Waals surface area contributed by atoms with Crippen LogP contribution in [0, 0.1) is 213 Å². The molecule has 0 aliphatic heterocycles. The van der Waals surface area contributed by atoms with Crippen molar-refractivity contribution in [2.45, 2.75) is 414 Å². The first-order chi connectivity index (χ1) is 59.8. The number of hydrogen-bond donors (Lipinski definition) is 0. The SMILES string of the molecule is C1CCCC1.C1CCCC1.C1CCCC1.C1CCCC1.CC(C)(C)[PH+](c1ccccc1)C(C)(C)C.CC(C)[PH+](c1nc(C(C)(C)C)cn1C)C(C)C.CC1C(C)C(C)C(C)C1C.CC=[N-].CC=[N-].CC=[N-].CC=[N-].CC=[N-].CC=[N-].CC=[N-].CC=[N-].Cn1cc(C(C)(C)C)nc1[PH+](C(C)(C)C)C(C)(C)C.[CH2-]C#N.[CH2-]C#N.[CH2-]C#N.[CH2-]C#N.[CH2-]C#N.[CH2-]C#N.[CH2-]C#N.[CH2-]C#N.[CH3-].[CH3-].[CH3-].[CH3-].[CH3-].[Ru+2].[Ru+2].[Ru+3].[Ru+4].[Ru+4].[Ru+6]. The molecule has 5 aliphatic rings. The van der Waals surface area contributed by atoms with Crippen LogP contribution in [0.3, 0.4) is 0 Å². The van der Waals surface area contributed by atoms with E-state index in [0.717, 1.165) is 90.6 Å². The minimum Gasteiger partial charge on any atom is -0.814 e. The Morgan fingerprint density at radius 1 is 0.321 bits per heavy atom. The summed E-state index contributed by atoms with van der Waals surface area (Å²) in [5.74, 6) is 4.68. The van der Waals surface area contributed by atoms with E-state index in [1.165, 1.54) is 199 Å². The monoisotopic (exact) mass is 2530 g/mol. The number of nitriles is 8. The van der Waals surface area contributed by atoms with Crippen LogP contribution in [0.2, 0.25) is 0 Å². The Bertz CT molecular complexity index is 2980. The first-order valence-electron chi connectivity index (χ1n) is 45.2. The predicted octanol–water partition coefficient (Wildman–Crippen LogP) is 32.8. The van der Waals surface area contributed by atoms with Crippen molar-refractivity contribution < 1.29 is 117 Å². The molecule has 811 valence electrons. The van der Waals surface area contributed by atoms with Crippen LogP contribution in [-0.2, 0) is 142 Å². The molecule has 5 saturated carbocycles. The minimum absolute atomic E-state index is 0. The molecule has 0 amide bonds. The van der Waals surface area contributed by atoms with Gasteiger partial charge in [-0.15, -0.1) is 48.6 Å². The number of benzene rings is 1. The van der Waals surface area contributed by atoms with Crippen molar-refractivity contribution in [3.8, 4) is 48.6 Å². The van der Waals surface area contributed by atoms with Gasteiger partial charge in [0.05, 0.1) is 64.5 Å². The van der Waals surface area contributed by atoms with E-state index >= 15 is 0 Å². The Morgan fingerprint density at radius 2 is 0.450 bits per heavy atom. The molecule has 140 heavy (non-hydrogen) atoms. The zero-order chi connectivity index (χ0) is 106.